The normalized spacial score (nSPS) is 18.5. The Bertz CT molecular complexity index is 228. The summed E-state index contributed by atoms with van der Waals surface area (Å²) in [5, 5.41) is 0. The summed E-state index contributed by atoms with van der Waals surface area (Å²) in [6, 6.07) is 0. The van der Waals surface area contributed by atoms with Crippen LogP contribution in [0.1, 0.15) is 0 Å². The Morgan fingerprint density at radius 3 is 2.80 bits per heavy atom. The maximum Gasteiger partial charge on any atom is 0.141 e. The van der Waals surface area contributed by atoms with E-state index in [0.717, 1.165) is 16.9 Å². The number of allylic oxidation sites excluding steroid dienone is 2. The summed E-state index contributed by atoms with van der Waals surface area (Å²) in [4.78, 5) is 1.92. The number of nitrogens with two attached hydrogens (primary N) is 1. The summed E-state index contributed by atoms with van der Waals surface area (Å²) >= 11 is 0. The topological polar surface area (TPSA) is 29.3 Å². The Morgan fingerprint density at radius 2 is 2.30 bits per heavy atom. The molecule has 1 aliphatic rings. The smallest absolute Gasteiger partial charge is 0.141 e. The van der Waals surface area contributed by atoms with Crippen LogP contribution in [0.15, 0.2) is 35.7 Å². The second kappa shape index (κ2) is 2.25. The molecule has 0 atom stereocenters. The lowest BCUT2D eigenvalue weighted by Gasteiger charge is -2.22. The lowest BCUT2D eigenvalue weighted by molar-refractivity contribution is 0.572. The average molecular weight is 134 g/mol. The quantitative estimate of drug-likeness (QED) is 0.463. The van der Waals surface area contributed by atoms with Gasteiger partial charge in [-0.15, -0.1) is 0 Å². The van der Waals surface area contributed by atoms with Crippen LogP contribution in [-0.4, -0.2) is 19.8 Å². The van der Waals surface area contributed by atoms with Crippen molar-refractivity contribution < 1.29 is 0 Å². The van der Waals surface area contributed by atoms with Crippen LogP contribution in [0, 0.1) is 0 Å². The van der Waals surface area contributed by atoms with Gasteiger partial charge in [0, 0.05) is 7.05 Å². The minimum Gasteiger partial charge on any atom is -0.397 e. The van der Waals surface area contributed by atoms with Crippen molar-refractivity contribution in [2.45, 2.75) is 0 Å². The minimum atomic E-state index is 0.752. The zero-order valence-corrected chi connectivity index (χ0v) is 6.39. The van der Waals surface area contributed by atoms with Crippen molar-refractivity contribution in [3.05, 3.63) is 35.7 Å². The molecule has 0 bridgehead atoms. The van der Waals surface area contributed by atoms with E-state index in [2.05, 4.69) is 6.58 Å². The summed E-state index contributed by atoms with van der Waals surface area (Å²) in [7, 11) is 3.95. The van der Waals surface area contributed by atoms with Gasteiger partial charge >= 0.3 is 0 Å². The molecule has 52 valence electrons. The molecule has 10 heavy (non-hydrogen) atoms. The summed E-state index contributed by atoms with van der Waals surface area (Å²) in [5.74, 6) is 0. The standard InChI is InChI=1S/C7H11BN2/c1-5-7(9)3-6(8)4-10(5)2/h3-4H,1,8-9H2,2H3. The molecule has 1 heterocycles. The van der Waals surface area contributed by atoms with Gasteiger partial charge < -0.3 is 10.6 Å². The SMILES string of the molecule is BC1=CN(C)C(=C)C(N)=C1. The Balaban J connectivity index is 2.95. The van der Waals surface area contributed by atoms with Crippen molar-refractivity contribution in [3.63, 3.8) is 0 Å². The molecule has 0 unspecified atom stereocenters. The van der Waals surface area contributed by atoms with E-state index in [1.54, 1.807) is 0 Å². The molecule has 0 aromatic rings. The number of hydrogen-bond acceptors (Lipinski definition) is 2. The molecule has 2 N–H and O–H groups in total. The highest BCUT2D eigenvalue weighted by Crippen LogP contribution is 2.14. The average Bonchev–Trinajstić information content (AvgIpc) is 1.82. The molecule has 1 aliphatic heterocycles. The van der Waals surface area contributed by atoms with Crippen molar-refractivity contribution in [1.82, 2.24) is 4.90 Å². The summed E-state index contributed by atoms with van der Waals surface area (Å²) in [6.07, 6.45) is 3.92. The van der Waals surface area contributed by atoms with Crippen molar-refractivity contribution in [2.75, 3.05) is 7.05 Å². The predicted molar refractivity (Wildman–Crippen MR) is 45.8 cm³/mol. The Kier molecular flexibility index (Phi) is 1.58. The van der Waals surface area contributed by atoms with E-state index in [4.69, 9.17) is 5.73 Å². The van der Waals surface area contributed by atoms with E-state index >= 15 is 0 Å². The van der Waals surface area contributed by atoms with Gasteiger partial charge in [0.05, 0.1) is 11.4 Å². The predicted octanol–water partition coefficient (Wildman–Crippen LogP) is -0.237. The molecule has 0 fully saturated rings. The molecule has 0 radical (unpaired) electrons. The molecule has 1 rings (SSSR count). The Labute approximate surface area is 62.1 Å². The van der Waals surface area contributed by atoms with Crippen molar-refractivity contribution in [1.29, 1.82) is 0 Å². The molecule has 0 saturated heterocycles. The molecule has 0 aromatic heterocycles. The van der Waals surface area contributed by atoms with Crippen molar-refractivity contribution in [2.24, 2.45) is 5.73 Å². The molecule has 0 amide bonds. The van der Waals surface area contributed by atoms with Gasteiger partial charge in [-0.2, -0.15) is 0 Å². The third-order valence-corrected chi connectivity index (χ3v) is 1.54. The molecule has 2 nitrogen and oxygen atoms in total. The third-order valence-electron chi connectivity index (χ3n) is 1.54. The number of nitrogens with zero attached hydrogens (tertiary/aromatic N) is 1. The maximum absolute atomic E-state index is 5.64. The second-order valence-corrected chi connectivity index (χ2v) is 2.53. The molecule has 0 aromatic carbocycles. The lowest BCUT2D eigenvalue weighted by atomic mass is 9.93. The first kappa shape index (κ1) is 7.00. The summed E-state index contributed by atoms with van der Waals surface area (Å²) in [6.45, 7) is 3.80. The van der Waals surface area contributed by atoms with Gasteiger partial charge in [0.25, 0.3) is 0 Å². The van der Waals surface area contributed by atoms with Crippen LogP contribution >= 0.6 is 0 Å². The lowest BCUT2D eigenvalue weighted by Crippen LogP contribution is -2.19. The van der Waals surface area contributed by atoms with E-state index in [0.29, 0.717) is 0 Å². The second-order valence-electron chi connectivity index (χ2n) is 2.53. The van der Waals surface area contributed by atoms with Gasteiger partial charge in [0.15, 0.2) is 0 Å². The Hall–Kier alpha value is -1.12. The fourth-order valence-electron chi connectivity index (χ4n) is 0.953. The zero-order chi connectivity index (χ0) is 7.72. The fraction of sp³-hybridized carbons (Fsp3) is 0.143. The highest BCUT2D eigenvalue weighted by Gasteiger charge is 2.06. The third kappa shape index (κ3) is 1.08. The van der Waals surface area contributed by atoms with Crippen LogP contribution in [0.3, 0.4) is 0 Å². The van der Waals surface area contributed by atoms with Crippen molar-refractivity contribution in [3.8, 4) is 0 Å². The summed E-state index contributed by atoms with van der Waals surface area (Å²) in [5.41, 5.74) is 8.42. The highest BCUT2D eigenvalue weighted by molar-refractivity contribution is 6.23. The highest BCUT2D eigenvalue weighted by atomic mass is 15.1. The van der Waals surface area contributed by atoms with Gasteiger partial charge in [0.1, 0.15) is 7.85 Å². The molecule has 0 spiro atoms. The summed E-state index contributed by atoms with van der Waals surface area (Å²) < 4.78 is 0. The largest absolute Gasteiger partial charge is 0.397 e. The van der Waals surface area contributed by atoms with Crippen LogP contribution in [0.2, 0.25) is 0 Å². The first-order chi connectivity index (χ1) is 4.61. The van der Waals surface area contributed by atoms with Gasteiger partial charge in [-0.25, -0.2) is 0 Å². The first-order valence-electron chi connectivity index (χ1n) is 3.19. The van der Waals surface area contributed by atoms with Crippen LogP contribution in [0.5, 0.6) is 0 Å². The molecule has 0 saturated carbocycles. The van der Waals surface area contributed by atoms with Gasteiger partial charge in [-0.05, 0) is 12.3 Å². The fourth-order valence-corrected chi connectivity index (χ4v) is 0.953. The maximum atomic E-state index is 5.64. The van der Waals surface area contributed by atoms with Crippen LogP contribution in [0.25, 0.3) is 0 Å². The minimum absolute atomic E-state index is 0.752. The van der Waals surface area contributed by atoms with Crippen LogP contribution < -0.4 is 5.73 Å². The first-order valence-corrected chi connectivity index (χ1v) is 3.19. The Morgan fingerprint density at radius 1 is 1.70 bits per heavy atom. The van der Waals surface area contributed by atoms with Gasteiger partial charge in [-0.1, -0.05) is 12.1 Å². The van der Waals surface area contributed by atoms with Gasteiger partial charge in [-0.3, -0.25) is 0 Å². The van der Waals surface area contributed by atoms with Gasteiger partial charge in [0.2, 0.25) is 0 Å². The number of likely N-dealkylation sites (N-methyl/N-ethyl adjacent to an activating group) is 1. The van der Waals surface area contributed by atoms with Crippen LogP contribution in [-0.2, 0) is 0 Å². The number of hydrogen-bond donors (Lipinski definition) is 1. The van der Waals surface area contributed by atoms with E-state index in [9.17, 15) is 0 Å². The van der Waals surface area contributed by atoms with E-state index in [-0.39, 0.29) is 0 Å². The molecular formula is C7H11BN2. The molecule has 3 heteroatoms. The van der Waals surface area contributed by atoms with E-state index in [1.165, 1.54) is 0 Å². The van der Waals surface area contributed by atoms with Crippen LogP contribution in [0.4, 0.5) is 0 Å². The van der Waals surface area contributed by atoms with E-state index in [1.807, 2.05) is 32.1 Å². The molecule has 0 aliphatic carbocycles. The van der Waals surface area contributed by atoms with Crippen molar-refractivity contribution >= 4 is 7.85 Å². The monoisotopic (exact) mass is 134 g/mol. The molecular weight excluding hydrogens is 123 g/mol. The van der Waals surface area contributed by atoms with E-state index < -0.39 is 0 Å². The zero-order valence-electron chi connectivity index (χ0n) is 6.39. The number of rotatable bonds is 0.